The molecule has 2 aromatic carbocycles. The van der Waals surface area contributed by atoms with Gasteiger partial charge in [0, 0.05) is 27.2 Å². The molecule has 1 N–H and O–H groups in total. The van der Waals surface area contributed by atoms with Crippen LogP contribution in [0.25, 0.3) is 10.9 Å². The Morgan fingerprint density at radius 2 is 1.97 bits per heavy atom. The van der Waals surface area contributed by atoms with E-state index in [1.807, 2.05) is 35.8 Å². The summed E-state index contributed by atoms with van der Waals surface area (Å²) in [5, 5.41) is 5.68. The van der Waals surface area contributed by atoms with Crippen molar-refractivity contribution in [3.63, 3.8) is 0 Å². The van der Waals surface area contributed by atoms with E-state index in [1.54, 1.807) is 19.2 Å². The Kier molecular flexibility index (Phi) is 6.56. The molecule has 0 saturated carbocycles. The van der Waals surface area contributed by atoms with Gasteiger partial charge in [-0.3, -0.25) is 9.59 Å². The number of benzene rings is 2. The van der Waals surface area contributed by atoms with Crippen LogP contribution >= 0.6 is 23.2 Å². The number of nitrogens with zero attached hydrogens (tertiary/aromatic N) is 2. The molecule has 0 aliphatic rings. The van der Waals surface area contributed by atoms with Gasteiger partial charge in [-0.05, 0) is 38.1 Å². The predicted molar refractivity (Wildman–Crippen MR) is 115 cm³/mol. The van der Waals surface area contributed by atoms with Gasteiger partial charge in [0.05, 0.1) is 23.4 Å². The number of carbonyl (C=O) groups excluding carboxylic acids is 2. The van der Waals surface area contributed by atoms with Crippen LogP contribution in [0.3, 0.4) is 0 Å². The highest BCUT2D eigenvalue weighted by atomic mass is 35.5. The maximum atomic E-state index is 12.3. The first-order chi connectivity index (χ1) is 13.9. The molecule has 0 aliphatic heterocycles. The summed E-state index contributed by atoms with van der Waals surface area (Å²) in [5.74, 6) is -0.763. The van der Waals surface area contributed by atoms with E-state index in [-0.39, 0.29) is 23.1 Å². The molecular weight excluding hydrogens is 413 g/mol. The molecular formula is C21H19Cl2N3O3. The third-order valence-corrected chi connectivity index (χ3v) is 4.96. The smallest absolute Gasteiger partial charge is 0.325 e. The average molecular weight is 432 g/mol. The van der Waals surface area contributed by atoms with E-state index < -0.39 is 5.91 Å². The summed E-state index contributed by atoms with van der Waals surface area (Å²) in [4.78, 5) is 24.3. The van der Waals surface area contributed by atoms with Crippen molar-refractivity contribution in [2.24, 2.45) is 5.10 Å². The number of hydrogen-bond donors (Lipinski definition) is 1. The summed E-state index contributed by atoms with van der Waals surface area (Å²) in [6.45, 7) is 4.08. The van der Waals surface area contributed by atoms with Crippen LogP contribution in [0.4, 0.5) is 0 Å². The molecule has 0 radical (unpaired) electrons. The zero-order valence-corrected chi connectivity index (χ0v) is 17.4. The van der Waals surface area contributed by atoms with Crippen molar-refractivity contribution in [1.29, 1.82) is 0 Å². The van der Waals surface area contributed by atoms with E-state index in [0.29, 0.717) is 11.6 Å². The Bertz CT molecular complexity index is 1110. The number of rotatable bonds is 6. The summed E-state index contributed by atoms with van der Waals surface area (Å²) < 4.78 is 6.94. The number of esters is 1. The monoisotopic (exact) mass is 431 g/mol. The molecule has 0 atom stereocenters. The number of carbonyl (C=O) groups is 2. The summed E-state index contributed by atoms with van der Waals surface area (Å²) in [5.41, 5.74) is 5.26. The van der Waals surface area contributed by atoms with Crippen molar-refractivity contribution < 1.29 is 14.3 Å². The lowest BCUT2D eigenvalue weighted by Crippen LogP contribution is -2.18. The molecule has 1 aromatic heterocycles. The minimum absolute atomic E-state index is 0.0980. The van der Waals surface area contributed by atoms with Crippen LogP contribution in [0.1, 0.15) is 28.5 Å². The Morgan fingerprint density at radius 1 is 1.21 bits per heavy atom. The highest BCUT2D eigenvalue weighted by Crippen LogP contribution is 2.25. The number of hydrogen-bond acceptors (Lipinski definition) is 4. The number of hydrazone groups is 1. The lowest BCUT2D eigenvalue weighted by molar-refractivity contribution is -0.143. The second-order valence-electron chi connectivity index (χ2n) is 6.23. The fourth-order valence-electron chi connectivity index (χ4n) is 3.05. The van der Waals surface area contributed by atoms with Gasteiger partial charge in [0.25, 0.3) is 5.91 Å². The quantitative estimate of drug-likeness (QED) is 0.352. The molecule has 3 rings (SSSR count). The zero-order valence-electron chi connectivity index (χ0n) is 15.9. The molecule has 0 fully saturated rings. The molecule has 150 valence electrons. The Hall–Kier alpha value is -2.83. The summed E-state index contributed by atoms with van der Waals surface area (Å²) in [7, 11) is 0. The number of ether oxygens (including phenoxy) is 1. The topological polar surface area (TPSA) is 72.7 Å². The van der Waals surface area contributed by atoms with E-state index in [1.165, 1.54) is 12.1 Å². The minimum Gasteiger partial charge on any atom is -0.465 e. The van der Waals surface area contributed by atoms with Crippen LogP contribution in [-0.4, -0.2) is 29.3 Å². The summed E-state index contributed by atoms with van der Waals surface area (Å²) >= 11 is 11.9. The van der Waals surface area contributed by atoms with Gasteiger partial charge in [-0.2, -0.15) is 5.10 Å². The highest BCUT2D eigenvalue weighted by molar-refractivity contribution is 6.36. The molecule has 0 saturated heterocycles. The van der Waals surface area contributed by atoms with Gasteiger partial charge in [0.2, 0.25) is 0 Å². The third kappa shape index (κ3) is 4.60. The molecule has 0 spiro atoms. The first-order valence-corrected chi connectivity index (χ1v) is 9.69. The van der Waals surface area contributed by atoms with Gasteiger partial charge >= 0.3 is 5.97 Å². The number of aromatic nitrogens is 1. The minimum atomic E-state index is -0.448. The van der Waals surface area contributed by atoms with Crippen molar-refractivity contribution in [3.05, 3.63) is 69.3 Å². The van der Waals surface area contributed by atoms with Gasteiger partial charge in [-0.1, -0.05) is 41.4 Å². The molecule has 3 aromatic rings. The number of nitrogens with one attached hydrogen (secondary N) is 1. The summed E-state index contributed by atoms with van der Waals surface area (Å²) in [6, 6.07) is 12.3. The molecule has 29 heavy (non-hydrogen) atoms. The summed E-state index contributed by atoms with van der Waals surface area (Å²) in [6.07, 6.45) is 1.56. The predicted octanol–water partition coefficient (Wildman–Crippen LogP) is 4.58. The second-order valence-corrected chi connectivity index (χ2v) is 7.07. The van der Waals surface area contributed by atoms with Gasteiger partial charge in [0.1, 0.15) is 6.54 Å². The van der Waals surface area contributed by atoms with Crippen LogP contribution in [-0.2, 0) is 16.1 Å². The van der Waals surface area contributed by atoms with E-state index >= 15 is 0 Å². The van der Waals surface area contributed by atoms with Crippen LogP contribution < -0.4 is 5.43 Å². The van der Waals surface area contributed by atoms with Gasteiger partial charge in [0.15, 0.2) is 0 Å². The average Bonchev–Trinajstić information content (AvgIpc) is 2.94. The fourth-order valence-corrected chi connectivity index (χ4v) is 3.54. The number of para-hydroxylation sites is 1. The van der Waals surface area contributed by atoms with Crippen LogP contribution in [0.15, 0.2) is 47.6 Å². The number of halogens is 2. The molecule has 0 aliphatic carbocycles. The van der Waals surface area contributed by atoms with Gasteiger partial charge in [-0.15, -0.1) is 0 Å². The van der Waals surface area contributed by atoms with E-state index in [0.717, 1.165) is 22.2 Å². The standard InChI is InChI=1S/C21H19Cl2N3O3/c1-3-29-20(27)12-26-13(2)17(15-6-4-5-7-19(15)26)11-24-25-21(28)16-9-8-14(22)10-18(16)23/h4-11H,3,12H2,1-2H3,(H,25,28)/b24-11-. The highest BCUT2D eigenvalue weighted by Gasteiger charge is 2.15. The SMILES string of the molecule is CCOC(=O)Cn1c(C)c(/C=N\NC(=O)c2ccc(Cl)cc2Cl)c2ccccc21. The van der Waals surface area contributed by atoms with Gasteiger partial charge < -0.3 is 9.30 Å². The number of fused-ring (bicyclic) bond motifs is 1. The maximum Gasteiger partial charge on any atom is 0.325 e. The van der Waals surface area contributed by atoms with Crippen molar-refractivity contribution in [2.45, 2.75) is 20.4 Å². The van der Waals surface area contributed by atoms with Gasteiger partial charge in [-0.25, -0.2) is 5.43 Å². The van der Waals surface area contributed by atoms with Crippen molar-refractivity contribution in [2.75, 3.05) is 6.61 Å². The van der Waals surface area contributed by atoms with Crippen LogP contribution in [0, 0.1) is 6.92 Å². The lowest BCUT2D eigenvalue weighted by atomic mass is 10.1. The van der Waals surface area contributed by atoms with E-state index in [4.69, 9.17) is 27.9 Å². The van der Waals surface area contributed by atoms with E-state index in [9.17, 15) is 9.59 Å². The third-order valence-electron chi connectivity index (χ3n) is 4.41. The van der Waals surface area contributed by atoms with Crippen LogP contribution in [0.5, 0.6) is 0 Å². The Morgan fingerprint density at radius 3 is 2.69 bits per heavy atom. The number of amides is 1. The fraction of sp³-hybridized carbons (Fsp3) is 0.190. The molecule has 0 bridgehead atoms. The van der Waals surface area contributed by atoms with E-state index in [2.05, 4.69) is 10.5 Å². The van der Waals surface area contributed by atoms with Crippen molar-refractivity contribution in [3.8, 4) is 0 Å². The molecule has 0 unspecified atom stereocenters. The van der Waals surface area contributed by atoms with Crippen molar-refractivity contribution >= 4 is 52.2 Å². The lowest BCUT2D eigenvalue weighted by Gasteiger charge is -2.07. The maximum absolute atomic E-state index is 12.3. The molecule has 8 heteroatoms. The normalized spacial score (nSPS) is 11.2. The Balaban J connectivity index is 1.87. The van der Waals surface area contributed by atoms with Crippen molar-refractivity contribution in [1.82, 2.24) is 9.99 Å². The largest absolute Gasteiger partial charge is 0.465 e. The Labute approximate surface area is 178 Å². The molecule has 1 heterocycles. The van der Waals surface area contributed by atoms with Crippen LogP contribution in [0.2, 0.25) is 10.0 Å². The first kappa shape index (κ1) is 20.9. The first-order valence-electron chi connectivity index (χ1n) is 8.94. The molecule has 1 amide bonds. The molecule has 6 nitrogen and oxygen atoms in total. The zero-order chi connectivity index (χ0) is 21.0. The second kappa shape index (κ2) is 9.11.